The van der Waals surface area contributed by atoms with Gasteiger partial charge in [0.15, 0.2) is 0 Å². The van der Waals surface area contributed by atoms with E-state index in [-0.39, 0.29) is 0 Å². The Kier molecular flexibility index (Phi) is 4.03. The third-order valence-corrected chi connectivity index (χ3v) is 1.41. The summed E-state index contributed by atoms with van der Waals surface area (Å²) in [6, 6.07) is 10.7. The van der Waals surface area contributed by atoms with Gasteiger partial charge in [-0.05, 0) is 12.0 Å². The average Bonchev–Trinajstić information content (AvgIpc) is 2.14. The largest absolute Gasteiger partial charge is 0.396 e. The van der Waals surface area contributed by atoms with Crippen LogP contribution in [0.5, 0.6) is 0 Å². The Labute approximate surface area is 79.2 Å². The molecule has 0 amide bonds. The molecule has 1 radical (unpaired) electrons. The molecule has 0 atom stereocenters. The molecule has 0 saturated heterocycles. The summed E-state index contributed by atoms with van der Waals surface area (Å²) >= 11 is 0. The van der Waals surface area contributed by atoms with Crippen LogP contribution in [0.25, 0.3) is 0 Å². The zero-order valence-corrected chi connectivity index (χ0v) is 8.03. The van der Waals surface area contributed by atoms with Crippen LogP contribution < -0.4 is 0 Å². The molecule has 0 saturated carbocycles. The summed E-state index contributed by atoms with van der Waals surface area (Å²) < 4.78 is 0. The summed E-state index contributed by atoms with van der Waals surface area (Å²) in [4.78, 5) is 5.05. The van der Waals surface area contributed by atoms with Gasteiger partial charge in [0, 0.05) is 5.56 Å². The van der Waals surface area contributed by atoms with E-state index in [0.717, 1.165) is 5.56 Å². The second-order valence-corrected chi connectivity index (χ2v) is 3.24. The average molecular weight is 176 g/mol. The maximum Gasteiger partial charge on any atom is 0.119 e. The minimum absolute atomic E-state index is 0.511. The fraction of sp³-hybridized carbons (Fsp3) is 0.364. The smallest absolute Gasteiger partial charge is 0.119 e. The van der Waals surface area contributed by atoms with Crippen molar-refractivity contribution in [2.24, 2.45) is 11.1 Å². The van der Waals surface area contributed by atoms with Gasteiger partial charge in [-0.1, -0.05) is 43.3 Å². The lowest BCUT2D eigenvalue weighted by atomic mass is 10.2. The monoisotopic (exact) mass is 176 g/mol. The van der Waals surface area contributed by atoms with Crippen LogP contribution in [0.1, 0.15) is 19.4 Å². The molecule has 0 aliphatic carbocycles. The Morgan fingerprint density at radius 2 is 2.38 bits per heavy atom. The fourth-order valence-corrected chi connectivity index (χ4v) is 0.774. The summed E-state index contributed by atoms with van der Waals surface area (Å²) in [5.41, 5.74) is 0.936. The molecule has 1 rings (SSSR count). The van der Waals surface area contributed by atoms with E-state index in [9.17, 15) is 0 Å². The van der Waals surface area contributed by atoms with E-state index in [0.29, 0.717) is 12.5 Å². The number of hydrogen-bond acceptors (Lipinski definition) is 2. The van der Waals surface area contributed by atoms with Crippen LogP contribution in [0.2, 0.25) is 0 Å². The van der Waals surface area contributed by atoms with Gasteiger partial charge in [0.1, 0.15) is 6.61 Å². The van der Waals surface area contributed by atoms with Crippen molar-refractivity contribution < 1.29 is 4.84 Å². The molecule has 0 N–H and O–H groups in total. The highest BCUT2D eigenvalue weighted by molar-refractivity contribution is 5.78. The van der Waals surface area contributed by atoms with Crippen molar-refractivity contribution in [1.82, 2.24) is 0 Å². The molecule has 0 aliphatic rings. The van der Waals surface area contributed by atoms with Gasteiger partial charge in [-0.2, -0.15) is 0 Å². The lowest BCUT2D eigenvalue weighted by Crippen LogP contribution is -1.97. The standard InChI is InChI=1S/C11H14NO/c1-10(2)9-13-12-8-11-6-4-3-5-7-11/h3-6,8,10H,9H2,1-2H3. The first-order valence-corrected chi connectivity index (χ1v) is 4.41. The zero-order valence-electron chi connectivity index (χ0n) is 8.03. The first-order chi connectivity index (χ1) is 6.29. The van der Waals surface area contributed by atoms with Crippen molar-refractivity contribution in [3.8, 4) is 0 Å². The summed E-state index contributed by atoms with van der Waals surface area (Å²) in [6.45, 7) is 4.83. The highest BCUT2D eigenvalue weighted by atomic mass is 16.6. The highest BCUT2D eigenvalue weighted by Gasteiger charge is 1.90. The maximum absolute atomic E-state index is 5.05. The number of oxime groups is 1. The van der Waals surface area contributed by atoms with Gasteiger partial charge >= 0.3 is 0 Å². The summed E-state index contributed by atoms with van der Waals surface area (Å²) in [6.07, 6.45) is 1.67. The molecular weight excluding hydrogens is 162 g/mol. The molecule has 1 aromatic carbocycles. The van der Waals surface area contributed by atoms with Crippen LogP contribution in [0, 0.1) is 12.0 Å². The van der Waals surface area contributed by atoms with Crippen molar-refractivity contribution in [3.05, 3.63) is 35.9 Å². The summed E-state index contributed by atoms with van der Waals surface area (Å²) in [5, 5.41) is 3.83. The third-order valence-electron chi connectivity index (χ3n) is 1.41. The van der Waals surface area contributed by atoms with Gasteiger partial charge in [0.05, 0.1) is 6.21 Å². The second kappa shape index (κ2) is 5.36. The minimum atomic E-state index is 0.511. The van der Waals surface area contributed by atoms with Crippen molar-refractivity contribution in [2.75, 3.05) is 6.61 Å². The molecule has 0 aromatic heterocycles. The highest BCUT2D eigenvalue weighted by Crippen LogP contribution is 1.95. The normalized spacial score (nSPS) is 11.0. The van der Waals surface area contributed by atoms with E-state index in [1.807, 2.05) is 24.3 Å². The topological polar surface area (TPSA) is 21.6 Å². The predicted octanol–water partition coefficient (Wildman–Crippen LogP) is 2.49. The van der Waals surface area contributed by atoms with Crippen molar-refractivity contribution in [1.29, 1.82) is 0 Å². The maximum atomic E-state index is 5.05. The molecule has 0 aliphatic heterocycles. The number of nitrogens with zero attached hydrogens (tertiary/aromatic N) is 1. The van der Waals surface area contributed by atoms with E-state index < -0.39 is 0 Å². The number of hydrogen-bond donors (Lipinski definition) is 0. The molecule has 2 heteroatoms. The lowest BCUT2D eigenvalue weighted by Gasteiger charge is -2.00. The van der Waals surface area contributed by atoms with Gasteiger partial charge in [-0.15, -0.1) is 0 Å². The quantitative estimate of drug-likeness (QED) is 0.510. The Balaban J connectivity index is 2.33. The van der Waals surface area contributed by atoms with E-state index in [4.69, 9.17) is 4.84 Å². The van der Waals surface area contributed by atoms with Crippen LogP contribution in [0.15, 0.2) is 29.4 Å². The Hall–Kier alpha value is -1.31. The zero-order chi connectivity index (χ0) is 9.52. The lowest BCUT2D eigenvalue weighted by molar-refractivity contribution is 0.120. The molecule has 1 aromatic rings. The SMILES string of the molecule is CC(C)CON=Cc1[c]cccc1. The van der Waals surface area contributed by atoms with Crippen LogP contribution in [-0.2, 0) is 4.84 Å². The number of rotatable bonds is 4. The number of benzene rings is 1. The minimum Gasteiger partial charge on any atom is -0.396 e. The molecule has 0 bridgehead atoms. The van der Waals surface area contributed by atoms with Crippen molar-refractivity contribution in [2.45, 2.75) is 13.8 Å². The third kappa shape index (κ3) is 4.31. The Bertz CT molecular complexity index is 254. The van der Waals surface area contributed by atoms with E-state index in [1.165, 1.54) is 0 Å². The van der Waals surface area contributed by atoms with E-state index in [2.05, 4.69) is 25.1 Å². The van der Waals surface area contributed by atoms with Crippen LogP contribution in [0.3, 0.4) is 0 Å². The van der Waals surface area contributed by atoms with E-state index in [1.54, 1.807) is 6.21 Å². The predicted molar refractivity (Wildman–Crippen MR) is 53.7 cm³/mol. The molecule has 13 heavy (non-hydrogen) atoms. The fourth-order valence-electron chi connectivity index (χ4n) is 0.774. The molecule has 0 fully saturated rings. The van der Waals surface area contributed by atoms with Crippen LogP contribution in [-0.4, -0.2) is 12.8 Å². The van der Waals surface area contributed by atoms with Crippen molar-refractivity contribution in [3.63, 3.8) is 0 Å². The van der Waals surface area contributed by atoms with Crippen molar-refractivity contribution >= 4 is 6.21 Å². The second-order valence-electron chi connectivity index (χ2n) is 3.24. The van der Waals surface area contributed by atoms with Gasteiger partial charge < -0.3 is 4.84 Å². The summed E-state index contributed by atoms with van der Waals surface area (Å²) in [5.74, 6) is 0.511. The van der Waals surface area contributed by atoms with E-state index >= 15 is 0 Å². The molecule has 0 unspecified atom stereocenters. The molecule has 0 spiro atoms. The Morgan fingerprint density at radius 1 is 1.54 bits per heavy atom. The molecular formula is C11H14NO. The molecule has 0 heterocycles. The molecule has 69 valence electrons. The van der Waals surface area contributed by atoms with Gasteiger partial charge in [0.2, 0.25) is 0 Å². The first kappa shape index (κ1) is 9.78. The van der Waals surface area contributed by atoms with Gasteiger partial charge in [-0.3, -0.25) is 0 Å². The first-order valence-electron chi connectivity index (χ1n) is 4.41. The molecule has 2 nitrogen and oxygen atoms in total. The summed E-state index contributed by atoms with van der Waals surface area (Å²) in [7, 11) is 0. The van der Waals surface area contributed by atoms with Crippen LogP contribution in [0.4, 0.5) is 0 Å². The van der Waals surface area contributed by atoms with Crippen LogP contribution >= 0.6 is 0 Å². The van der Waals surface area contributed by atoms with Gasteiger partial charge in [-0.25, -0.2) is 0 Å². The van der Waals surface area contributed by atoms with Gasteiger partial charge in [0.25, 0.3) is 0 Å². The Morgan fingerprint density at radius 3 is 3.00 bits per heavy atom.